The molecule has 0 amide bonds. The van der Waals surface area contributed by atoms with Crippen molar-refractivity contribution in [2.45, 2.75) is 34.2 Å². The summed E-state index contributed by atoms with van der Waals surface area (Å²) in [6.45, 7) is 14.9. The van der Waals surface area contributed by atoms with Crippen LogP contribution in [0.2, 0.25) is 0 Å². The van der Waals surface area contributed by atoms with E-state index in [4.69, 9.17) is 9.40 Å². The molecule has 2 aromatic rings. The molecule has 0 radical (unpaired) electrons. The fourth-order valence-electron chi connectivity index (χ4n) is 2.38. The van der Waals surface area contributed by atoms with Gasteiger partial charge in [0.05, 0.1) is 5.69 Å². The maximum absolute atomic E-state index is 5.87. The highest BCUT2D eigenvalue weighted by molar-refractivity contribution is 5.58. The molecule has 1 aromatic heterocycles. The number of aryl methyl sites for hydroxylation is 2. The smallest absolute Gasteiger partial charge is 0.226 e. The first-order valence-electron chi connectivity index (χ1n) is 7.40. The van der Waals surface area contributed by atoms with Gasteiger partial charge in [0, 0.05) is 18.7 Å². The van der Waals surface area contributed by atoms with E-state index in [1.54, 1.807) is 0 Å². The van der Waals surface area contributed by atoms with Gasteiger partial charge in [0.1, 0.15) is 5.76 Å². The van der Waals surface area contributed by atoms with E-state index in [-0.39, 0.29) is 0 Å². The molecule has 2 rings (SSSR count). The van der Waals surface area contributed by atoms with Crippen LogP contribution < -0.4 is 0 Å². The molecule has 0 saturated carbocycles. The summed E-state index contributed by atoms with van der Waals surface area (Å²) >= 11 is 0. The molecule has 0 aliphatic carbocycles. The summed E-state index contributed by atoms with van der Waals surface area (Å²) in [6, 6.07) is 8.17. The second-order valence-electron chi connectivity index (χ2n) is 5.60. The van der Waals surface area contributed by atoms with E-state index < -0.39 is 0 Å². The Bertz CT molecular complexity index is 628. The zero-order valence-corrected chi connectivity index (χ0v) is 13.4. The molecule has 0 saturated heterocycles. The molecule has 0 N–H and O–H groups in total. The van der Waals surface area contributed by atoms with Crippen molar-refractivity contribution in [2.75, 3.05) is 13.1 Å². The third-order valence-corrected chi connectivity index (χ3v) is 3.58. The van der Waals surface area contributed by atoms with Crippen molar-refractivity contribution in [3.05, 3.63) is 53.4 Å². The van der Waals surface area contributed by atoms with E-state index in [0.717, 1.165) is 42.2 Å². The molecule has 21 heavy (non-hydrogen) atoms. The Morgan fingerprint density at radius 1 is 1.29 bits per heavy atom. The summed E-state index contributed by atoms with van der Waals surface area (Å²) in [5, 5.41) is 0. The van der Waals surface area contributed by atoms with Gasteiger partial charge in [-0.25, -0.2) is 4.98 Å². The zero-order chi connectivity index (χ0) is 15.4. The van der Waals surface area contributed by atoms with Crippen LogP contribution in [0.15, 0.2) is 40.8 Å². The maximum Gasteiger partial charge on any atom is 0.226 e. The summed E-state index contributed by atoms with van der Waals surface area (Å²) in [5.74, 6) is 1.61. The Balaban J connectivity index is 2.23. The van der Waals surface area contributed by atoms with Gasteiger partial charge in [-0.3, -0.25) is 4.90 Å². The number of aromatic nitrogens is 1. The molecule has 0 aliphatic heterocycles. The summed E-state index contributed by atoms with van der Waals surface area (Å²) in [4.78, 5) is 7.01. The van der Waals surface area contributed by atoms with Crippen molar-refractivity contribution < 1.29 is 4.42 Å². The molecule has 1 heterocycles. The van der Waals surface area contributed by atoms with Crippen LogP contribution in [-0.4, -0.2) is 23.0 Å². The monoisotopic (exact) mass is 284 g/mol. The average molecular weight is 284 g/mol. The molecule has 0 aliphatic rings. The highest BCUT2D eigenvalue weighted by Crippen LogP contribution is 2.25. The number of hydrogen-bond donors (Lipinski definition) is 0. The number of benzene rings is 1. The van der Waals surface area contributed by atoms with Crippen molar-refractivity contribution in [1.29, 1.82) is 0 Å². The number of hydrogen-bond acceptors (Lipinski definition) is 3. The van der Waals surface area contributed by atoms with Gasteiger partial charge >= 0.3 is 0 Å². The lowest BCUT2D eigenvalue weighted by Gasteiger charge is -2.19. The molecule has 0 atom stereocenters. The van der Waals surface area contributed by atoms with Crippen LogP contribution in [0.3, 0.4) is 0 Å². The number of rotatable bonds is 6. The van der Waals surface area contributed by atoms with Gasteiger partial charge in [-0.05, 0) is 38.9 Å². The van der Waals surface area contributed by atoms with E-state index in [1.807, 2.05) is 19.1 Å². The number of likely N-dealkylation sites (N-methyl/N-ethyl adjacent to an activating group) is 1. The van der Waals surface area contributed by atoms with Crippen LogP contribution in [0.25, 0.3) is 11.5 Å². The lowest BCUT2D eigenvalue weighted by Crippen LogP contribution is -2.25. The maximum atomic E-state index is 5.87. The normalized spacial score (nSPS) is 11.1. The fourth-order valence-corrected chi connectivity index (χ4v) is 2.38. The lowest BCUT2D eigenvalue weighted by molar-refractivity contribution is 0.299. The Kier molecular flexibility index (Phi) is 4.97. The van der Waals surface area contributed by atoms with E-state index in [1.165, 1.54) is 5.56 Å². The number of nitrogens with zero attached hydrogens (tertiary/aromatic N) is 2. The fraction of sp³-hybridized carbons (Fsp3) is 0.389. The van der Waals surface area contributed by atoms with E-state index >= 15 is 0 Å². The predicted octanol–water partition coefficient (Wildman–Crippen LogP) is 4.36. The van der Waals surface area contributed by atoms with E-state index in [9.17, 15) is 0 Å². The minimum Gasteiger partial charge on any atom is -0.441 e. The van der Waals surface area contributed by atoms with Gasteiger partial charge in [0.15, 0.2) is 0 Å². The van der Waals surface area contributed by atoms with E-state index in [2.05, 4.69) is 44.4 Å². The highest BCUT2D eigenvalue weighted by atomic mass is 16.4. The quantitative estimate of drug-likeness (QED) is 0.738. The SMILES string of the molecule is C=C(C)CN(CC)Cc1nc(-c2ccccc2C)oc1C. The molecule has 1 aromatic carbocycles. The highest BCUT2D eigenvalue weighted by Gasteiger charge is 2.15. The first-order valence-corrected chi connectivity index (χ1v) is 7.40. The van der Waals surface area contributed by atoms with Crippen molar-refractivity contribution in [3.63, 3.8) is 0 Å². The van der Waals surface area contributed by atoms with Crippen molar-refractivity contribution in [2.24, 2.45) is 0 Å². The standard InChI is InChI=1S/C18H24N2O/c1-6-20(11-13(2)3)12-17-15(5)21-18(19-17)16-10-8-7-9-14(16)4/h7-10H,2,6,11-12H2,1,3-5H3. The minimum atomic E-state index is 0.715. The molecule has 112 valence electrons. The summed E-state index contributed by atoms with van der Waals surface area (Å²) < 4.78 is 5.87. The predicted molar refractivity (Wildman–Crippen MR) is 87.2 cm³/mol. The van der Waals surface area contributed by atoms with Crippen LogP contribution in [-0.2, 0) is 6.54 Å². The largest absolute Gasteiger partial charge is 0.441 e. The van der Waals surface area contributed by atoms with Gasteiger partial charge in [-0.1, -0.05) is 37.3 Å². The van der Waals surface area contributed by atoms with Crippen LogP contribution in [0.4, 0.5) is 0 Å². The summed E-state index contributed by atoms with van der Waals surface area (Å²) in [5.41, 5.74) is 4.42. The molecule has 3 nitrogen and oxygen atoms in total. The Morgan fingerprint density at radius 2 is 2.00 bits per heavy atom. The van der Waals surface area contributed by atoms with Crippen LogP contribution >= 0.6 is 0 Å². The van der Waals surface area contributed by atoms with Crippen LogP contribution in [0, 0.1) is 13.8 Å². The molecule has 3 heteroatoms. The van der Waals surface area contributed by atoms with Gasteiger partial charge < -0.3 is 4.42 Å². The third-order valence-electron chi connectivity index (χ3n) is 3.58. The molecule has 0 unspecified atom stereocenters. The molecule has 0 bridgehead atoms. The Hall–Kier alpha value is -1.87. The van der Waals surface area contributed by atoms with Crippen molar-refractivity contribution in [1.82, 2.24) is 9.88 Å². The van der Waals surface area contributed by atoms with Crippen molar-refractivity contribution in [3.8, 4) is 11.5 Å². The first-order chi connectivity index (χ1) is 10.0. The average Bonchev–Trinajstić information content (AvgIpc) is 2.79. The molecule has 0 spiro atoms. The molecule has 0 fully saturated rings. The molecular formula is C18H24N2O. The third kappa shape index (κ3) is 3.82. The van der Waals surface area contributed by atoms with Gasteiger partial charge in [0.2, 0.25) is 5.89 Å². The second kappa shape index (κ2) is 6.72. The van der Waals surface area contributed by atoms with Crippen molar-refractivity contribution >= 4 is 0 Å². The topological polar surface area (TPSA) is 29.3 Å². The second-order valence-corrected chi connectivity index (χ2v) is 5.60. The minimum absolute atomic E-state index is 0.715. The summed E-state index contributed by atoms with van der Waals surface area (Å²) in [6.07, 6.45) is 0. The van der Waals surface area contributed by atoms with Gasteiger partial charge in [-0.2, -0.15) is 0 Å². The van der Waals surface area contributed by atoms with Crippen LogP contribution in [0.5, 0.6) is 0 Å². The van der Waals surface area contributed by atoms with E-state index in [0.29, 0.717) is 5.89 Å². The first kappa shape index (κ1) is 15.5. The Labute approximate surface area is 127 Å². The summed E-state index contributed by atoms with van der Waals surface area (Å²) in [7, 11) is 0. The lowest BCUT2D eigenvalue weighted by atomic mass is 10.1. The molecular weight excluding hydrogens is 260 g/mol. The Morgan fingerprint density at radius 3 is 2.62 bits per heavy atom. The van der Waals surface area contributed by atoms with Crippen LogP contribution in [0.1, 0.15) is 30.9 Å². The number of oxazole rings is 1. The van der Waals surface area contributed by atoms with Gasteiger partial charge in [-0.15, -0.1) is 0 Å². The zero-order valence-electron chi connectivity index (χ0n) is 13.4. The van der Waals surface area contributed by atoms with Gasteiger partial charge in [0.25, 0.3) is 0 Å².